The molecule has 0 unspecified atom stereocenters. The molecule has 0 atom stereocenters. The summed E-state index contributed by atoms with van der Waals surface area (Å²) in [6, 6.07) is 18.4. The van der Waals surface area contributed by atoms with E-state index < -0.39 is 22.5 Å². The Morgan fingerprint density at radius 2 is 1.79 bits per heavy atom. The molecule has 0 aliphatic carbocycles. The molecule has 0 aromatic heterocycles. The molecule has 0 radical (unpaired) electrons. The van der Waals surface area contributed by atoms with Crippen LogP contribution < -0.4 is 23.9 Å². The minimum absolute atomic E-state index is 0.0517. The fraction of sp³-hybridized carbons (Fsp3) is 0.259. The molecular formula is C27H29N3O6S2. The molecule has 3 aromatic carbocycles. The zero-order chi connectivity index (χ0) is 27.1. The van der Waals surface area contributed by atoms with E-state index in [0.29, 0.717) is 11.5 Å². The Kier molecular flexibility index (Phi) is 8.80. The summed E-state index contributed by atoms with van der Waals surface area (Å²) < 4.78 is 44.7. The van der Waals surface area contributed by atoms with E-state index in [-0.39, 0.29) is 16.7 Å². The van der Waals surface area contributed by atoms with Gasteiger partial charge in [0.15, 0.2) is 11.5 Å². The predicted octanol–water partition coefficient (Wildman–Crippen LogP) is 3.85. The van der Waals surface area contributed by atoms with Gasteiger partial charge in [0, 0.05) is 17.6 Å². The van der Waals surface area contributed by atoms with Crippen molar-refractivity contribution in [3.63, 3.8) is 0 Å². The maximum absolute atomic E-state index is 13.6. The predicted molar refractivity (Wildman–Crippen MR) is 149 cm³/mol. The Morgan fingerprint density at radius 1 is 1.05 bits per heavy atom. The van der Waals surface area contributed by atoms with E-state index in [1.54, 1.807) is 24.3 Å². The summed E-state index contributed by atoms with van der Waals surface area (Å²) in [6.45, 7) is 1.35. The first kappa shape index (κ1) is 27.3. The molecule has 9 nitrogen and oxygen atoms in total. The number of nitrogens with one attached hydrogen (secondary N) is 1. The summed E-state index contributed by atoms with van der Waals surface area (Å²) in [7, 11) is -1.16. The maximum atomic E-state index is 13.6. The van der Waals surface area contributed by atoms with E-state index in [9.17, 15) is 13.2 Å². The first-order chi connectivity index (χ1) is 18.3. The van der Waals surface area contributed by atoms with Crippen LogP contribution in [0.3, 0.4) is 0 Å². The van der Waals surface area contributed by atoms with Gasteiger partial charge >= 0.3 is 0 Å². The lowest BCUT2D eigenvalue weighted by Gasteiger charge is -2.25. The summed E-state index contributed by atoms with van der Waals surface area (Å²) in [6.07, 6.45) is 1.69. The second kappa shape index (κ2) is 12.2. The molecule has 1 saturated heterocycles. The van der Waals surface area contributed by atoms with Crippen molar-refractivity contribution in [1.29, 1.82) is 0 Å². The van der Waals surface area contributed by atoms with Gasteiger partial charge in [-0.3, -0.25) is 9.10 Å². The number of nitrogens with zero attached hydrogens (tertiary/aromatic N) is 2. The summed E-state index contributed by atoms with van der Waals surface area (Å²) in [5, 5.41) is 4.02. The van der Waals surface area contributed by atoms with Crippen molar-refractivity contribution in [1.82, 2.24) is 5.43 Å². The lowest BCUT2D eigenvalue weighted by atomic mass is 10.2. The number of hydrazone groups is 1. The Labute approximate surface area is 226 Å². The van der Waals surface area contributed by atoms with Crippen LogP contribution in [0, 0.1) is 6.92 Å². The van der Waals surface area contributed by atoms with Gasteiger partial charge < -0.3 is 14.2 Å². The van der Waals surface area contributed by atoms with Crippen molar-refractivity contribution in [3.8, 4) is 17.2 Å². The van der Waals surface area contributed by atoms with Crippen LogP contribution in [0.15, 0.2) is 76.7 Å². The molecule has 1 aliphatic heterocycles. The van der Waals surface area contributed by atoms with Gasteiger partial charge in [0.25, 0.3) is 15.9 Å². The Balaban J connectivity index is 1.53. The van der Waals surface area contributed by atoms with E-state index in [1.807, 2.05) is 43.0 Å². The topological polar surface area (TPSA) is 107 Å². The van der Waals surface area contributed by atoms with E-state index in [1.165, 1.54) is 38.6 Å². The standard InChI is InChI=1S/C27H29N3O6S2/c1-19-7-10-24(11-8-19)38(32,33)30(21-9-12-25(34-2)26(14-21)35-3)16-27(31)29-28-15-20-5-4-6-22(13-20)36-23-17-37-18-23/h4-15,23H,16-18H2,1-3H3,(H,29,31)/b28-15-. The highest BCUT2D eigenvalue weighted by molar-refractivity contribution is 8.00. The second-order valence-corrected chi connectivity index (χ2v) is 11.4. The molecule has 0 bridgehead atoms. The van der Waals surface area contributed by atoms with Crippen molar-refractivity contribution in [2.24, 2.45) is 5.10 Å². The number of amides is 1. The molecule has 0 spiro atoms. The molecule has 1 heterocycles. The molecule has 1 aliphatic rings. The highest BCUT2D eigenvalue weighted by Crippen LogP contribution is 2.33. The van der Waals surface area contributed by atoms with Gasteiger partial charge in [-0.1, -0.05) is 29.8 Å². The molecule has 38 heavy (non-hydrogen) atoms. The zero-order valence-corrected chi connectivity index (χ0v) is 22.9. The van der Waals surface area contributed by atoms with Gasteiger partial charge in [0.05, 0.1) is 31.0 Å². The van der Waals surface area contributed by atoms with Crippen molar-refractivity contribution in [3.05, 3.63) is 77.9 Å². The first-order valence-corrected chi connectivity index (χ1v) is 14.4. The molecular weight excluding hydrogens is 526 g/mol. The van der Waals surface area contributed by atoms with Crippen LogP contribution in [-0.2, 0) is 14.8 Å². The number of rotatable bonds is 11. The van der Waals surface area contributed by atoms with Gasteiger partial charge in [-0.05, 0) is 48.9 Å². The number of aryl methyl sites for hydroxylation is 1. The highest BCUT2D eigenvalue weighted by atomic mass is 32.2. The number of anilines is 1. The van der Waals surface area contributed by atoms with Gasteiger partial charge in [0.2, 0.25) is 0 Å². The van der Waals surface area contributed by atoms with E-state index in [4.69, 9.17) is 14.2 Å². The van der Waals surface area contributed by atoms with Crippen molar-refractivity contribution < 1.29 is 27.4 Å². The number of benzene rings is 3. The maximum Gasteiger partial charge on any atom is 0.264 e. The van der Waals surface area contributed by atoms with Crippen LogP contribution in [0.25, 0.3) is 0 Å². The minimum Gasteiger partial charge on any atom is -0.493 e. The van der Waals surface area contributed by atoms with Crippen molar-refractivity contribution in [2.75, 3.05) is 36.6 Å². The average molecular weight is 556 g/mol. The van der Waals surface area contributed by atoms with Crippen molar-refractivity contribution in [2.45, 2.75) is 17.9 Å². The molecule has 1 amide bonds. The smallest absolute Gasteiger partial charge is 0.264 e. The van der Waals surface area contributed by atoms with Crippen LogP contribution in [-0.4, -0.2) is 58.9 Å². The summed E-state index contributed by atoms with van der Waals surface area (Å²) in [5.41, 5.74) is 4.31. The molecule has 4 rings (SSSR count). The Bertz CT molecular complexity index is 1410. The largest absolute Gasteiger partial charge is 0.493 e. The number of carbonyl (C=O) groups is 1. The molecule has 1 N–H and O–H groups in total. The van der Waals surface area contributed by atoms with E-state index in [0.717, 1.165) is 32.7 Å². The van der Waals surface area contributed by atoms with E-state index in [2.05, 4.69) is 10.5 Å². The fourth-order valence-electron chi connectivity index (χ4n) is 3.62. The quantitative estimate of drug-likeness (QED) is 0.283. The molecule has 1 fully saturated rings. The Hall–Kier alpha value is -3.70. The molecule has 200 valence electrons. The lowest BCUT2D eigenvalue weighted by molar-refractivity contribution is -0.119. The summed E-state index contributed by atoms with van der Waals surface area (Å²) in [5.74, 6) is 2.81. The number of sulfonamides is 1. The lowest BCUT2D eigenvalue weighted by Crippen LogP contribution is -2.39. The molecule has 11 heteroatoms. The fourth-order valence-corrected chi connectivity index (χ4v) is 5.60. The molecule has 3 aromatic rings. The second-order valence-electron chi connectivity index (χ2n) is 8.51. The number of hydrogen-bond acceptors (Lipinski definition) is 8. The van der Waals surface area contributed by atoms with Gasteiger partial charge in [-0.25, -0.2) is 13.8 Å². The minimum atomic E-state index is -4.10. The first-order valence-electron chi connectivity index (χ1n) is 11.8. The molecule has 0 saturated carbocycles. The number of methoxy groups -OCH3 is 2. The van der Waals surface area contributed by atoms with Crippen LogP contribution in [0.4, 0.5) is 5.69 Å². The average Bonchev–Trinajstić information content (AvgIpc) is 2.89. The van der Waals surface area contributed by atoms with Crippen LogP contribution in [0.2, 0.25) is 0 Å². The van der Waals surface area contributed by atoms with E-state index >= 15 is 0 Å². The SMILES string of the molecule is COc1ccc(N(CC(=O)N/N=C\c2cccc(OC3CSC3)c2)S(=O)(=O)c2ccc(C)cc2)cc1OC. The van der Waals surface area contributed by atoms with Crippen LogP contribution >= 0.6 is 11.8 Å². The summed E-state index contributed by atoms with van der Waals surface area (Å²) in [4.78, 5) is 12.9. The van der Waals surface area contributed by atoms with Gasteiger partial charge in [-0.15, -0.1) is 0 Å². The number of thioether (sulfide) groups is 1. The summed E-state index contributed by atoms with van der Waals surface area (Å²) >= 11 is 1.83. The van der Waals surface area contributed by atoms with Gasteiger partial charge in [0.1, 0.15) is 18.4 Å². The van der Waals surface area contributed by atoms with Crippen molar-refractivity contribution >= 4 is 39.6 Å². The Morgan fingerprint density at radius 3 is 2.45 bits per heavy atom. The van der Waals surface area contributed by atoms with Crippen LogP contribution in [0.5, 0.6) is 17.2 Å². The third-order valence-corrected chi connectivity index (χ3v) is 8.73. The van der Waals surface area contributed by atoms with Gasteiger partial charge in [-0.2, -0.15) is 16.9 Å². The number of hydrogen-bond donors (Lipinski definition) is 1. The zero-order valence-electron chi connectivity index (χ0n) is 21.3. The number of carbonyl (C=O) groups excluding carboxylic acids is 1. The monoisotopic (exact) mass is 555 g/mol. The van der Waals surface area contributed by atoms with Crippen LogP contribution in [0.1, 0.15) is 11.1 Å². The number of ether oxygens (including phenoxy) is 3. The third kappa shape index (κ3) is 6.59. The normalized spacial score (nSPS) is 13.6. The third-order valence-electron chi connectivity index (χ3n) is 5.72. The highest BCUT2D eigenvalue weighted by Gasteiger charge is 2.28.